The monoisotopic (exact) mass is 301 g/mol. The van der Waals surface area contributed by atoms with Crippen LogP contribution in [0, 0.1) is 6.92 Å². The summed E-state index contributed by atoms with van der Waals surface area (Å²) in [6.07, 6.45) is 3.82. The van der Waals surface area contributed by atoms with Crippen LogP contribution in [0.5, 0.6) is 0 Å². The van der Waals surface area contributed by atoms with Crippen LogP contribution in [0.15, 0.2) is 41.8 Å². The zero-order chi connectivity index (χ0) is 15.3. The van der Waals surface area contributed by atoms with Crippen LogP contribution in [0.4, 0.5) is 0 Å². The van der Waals surface area contributed by atoms with Gasteiger partial charge in [0.2, 0.25) is 0 Å². The van der Waals surface area contributed by atoms with Crippen LogP contribution in [0.3, 0.4) is 0 Å². The summed E-state index contributed by atoms with van der Waals surface area (Å²) < 4.78 is 0. The molecular weight excluding hydrogens is 278 g/mol. The summed E-state index contributed by atoms with van der Waals surface area (Å²) in [5, 5.41) is 4.27. The second-order valence-electron chi connectivity index (χ2n) is 6.19. The first-order valence-electron chi connectivity index (χ1n) is 7.17. The molecule has 112 valence electrons. The molecule has 1 aromatic carbocycles. The number of aromatic nitrogens is 2. The summed E-state index contributed by atoms with van der Waals surface area (Å²) in [7, 11) is 0. The number of aryl methyl sites for hydroxylation is 1. The number of nitrogens with one attached hydrogen (secondary N) is 1. The molecule has 0 saturated carbocycles. The maximum atomic E-state index is 4.44. The van der Waals surface area contributed by atoms with Crippen LogP contribution < -0.4 is 5.32 Å². The van der Waals surface area contributed by atoms with Crippen molar-refractivity contribution in [2.24, 2.45) is 0 Å². The van der Waals surface area contributed by atoms with Crippen LogP contribution in [0.25, 0.3) is 0 Å². The molecule has 0 aliphatic rings. The van der Waals surface area contributed by atoms with Crippen LogP contribution in [-0.4, -0.2) is 15.5 Å². The van der Waals surface area contributed by atoms with E-state index in [1.54, 1.807) is 11.8 Å². The topological polar surface area (TPSA) is 37.8 Å². The highest BCUT2D eigenvalue weighted by atomic mass is 32.2. The van der Waals surface area contributed by atoms with Crippen molar-refractivity contribution in [3.05, 3.63) is 53.3 Å². The molecule has 1 heterocycles. The first-order valence-corrected chi connectivity index (χ1v) is 8.16. The lowest BCUT2D eigenvalue weighted by atomic mass is 10.1. The van der Waals surface area contributed by atoms with Gasteiger partial charge in [0.1, 0.15) is 0 Å². The van der Waals surface area contributed by atoms with Gasteiger partial charge in [-0.2, -0.15) is 0 Å². The largest absolute Gasteiger partial charge is 0.308 e. The first-order chi connectivity index (χ1) is 9.94. The van der Waals surface area contributed by atoms with Gasteiger partial charge in [0.15, 0.2) is 5.16 Å². The van der Waals surface area contributed by atoms with Gasteiger partial charge < -0.3 is 5.32 Å². The number of benzene rings is 1. The molecule has 1 aromatic heterocycles. The van der Waals surface area contributed by atoms with E-state index in [4.69, 9.17) is 0 Å². The van der Waals surface area contributed by atoms with E-state index in [1.807, 2.05) is 12.4 Å². The van der Waals surface area contributed by atoms with Crippen molar-refractivity contribution in [2.75, 3.05) is 0 Å². The number of hydrogen-bond donors (Lipinski definition) is 1. The lowest BCUT2D eigenvalue weighted by molar-refractivity contribution is 0.423. The predicted molar refractivity (Wildman–Crippen MR) is 89.4 cm³/mol. The molecule has 0 radical (unpaired) electrons. The van der Waals surface area contributed by atoms with E-state index in [9.17, 15) is 0 Å². The van der Waals surface area contributed by atoms with Gasteiger partial charge in [-0.15, -0.1) is 0 Å². The Bertz CT molecular complexity index is 573. The molecule has 0 spiro atoms. The molecule has 2 rings (SSSR count). The average molecular weight is 301 g/mol. The molecular formula is C17H23N3S. The van der Waals surface area contributed by atoms with Crippen molar-refractivity contribution in [3.8, 4) is 0 Å². The molecule has 0 unspecified atom stereocenters. The van der Waals surface area contributed by atoms with Crippen LogP contribution in [0.2, 0.25) is 0 Å². The molecule has 3 nitrogen and oxygen atoms in total. The van der Waals surface area contributed by atoms with Crippen LogP contribution >= 0.6 is 11.8 Å². The molecule has 2 aromatic rings. The zero-order valence-electron chi connectivity index (χ0n) is 13.2. The molecule has 4 heteroatoms. The average Bonchev–Trinajstić information content (AvgIpc) is 2.45. The first kappa shape index (κ1) is 16.0. The van der Waals surface area contributed by atoms with Gasteiger partial charge in [-0.05, 0) is 38.8 Å². The summed E-state index contributed by atoms with van der Waals surface area (Å²) >= 11 is 1.68. The Morgan fingerprint density at radius 2 is 1.76 bits per heavy atom. The van der Waals surface area contributed by atoms with Crippen molar-refractivity contribution in [3.63, 3.8) is 0 Å². The van der Waals surface area contributed by atoms with Crippen LogP contribution in [0.1, 0.15) is 37.5 Å². The van der Waals surface area contributed by atoms with Gasteiger partial charge in [0.25, 0.3) is 0 Å². The fourth-order valence-corrected chi connectivity index (χ4v) is 2.65. The molecule has 21 heavy (non-hydrogen) atoms. The minimum Gasteiger partial charge on any atom is -0.308 e. The van der Waals surface area contributed by atoms with E-state index in [0.717, 1.165) is 23.0 Å². The number of nitrogens with zero attached hydrogens (tertiary/aromatic N) is 2. The Balaban J connectivity index is 1.89. The Morgan fingerprint density at radius 1 is 1.10 bits per heavy atom. The molecule has 0 aliphatic heterocycles. The quantitative estimate of drug-likeness (QED) is 0.670. The smallest absolute Gasteiger partial charge is 0.187 e. The van der Waals surface area contributed by atoms with Gasteiger partial charge in [-0.3, -0.25) is 0 Å². The standard InChI is InChI=1S/C17H23N3S/c1-13-7-5-6-8-15(13)12-21-16-18-9-14(10-19-16)11-20-17(2,3)4/h5-10,20H,11-12H2,1-4H3. The predicted octanol–water partition coefficient (Wildman–Crippen LogP) is 3.97. The molecule has 0 saturated heterocycles. The Morgan fingerprint density at radius 3 is 2.38 bits per heavy atom. The van der Waals surface area contributed by atoms with E-state index < -0.39 is 0 Å². The van der Waals surface area contributed by atoms with Crippen molar-refractivity contribution < 1.29 is 0 Å². The molecule has 0 atom stereocenters. The summed E-state index contributed by atoms with van der Waals surface area (Å²) in [6, 6.07) is 8.43. The van der Waals surface area contributed by atoms with E-state index in [2.05, 4.69) is 67.2 Å². The summed E-state index contributed by atoms with van der Waals surface area (Å²) in [4.78, 5) is 8.87. The molecule has 0 fully saturated rings. The van der Waals surface area contributed by atoms with Gasteiger partial charge in [-0.25, -0.2) is 9.97 Å². The lowest BCUT2D eigenvalue weighted by Gasteiger charge is -2.20. The Hall–Kier alpha value is -1.39. The maximum Gasteiger partial charge on any atom is 0.187 e. The fourth-order valence-electron chi connectivity index (χ4n) is 1.79. The lowest BCUT2D eigenvalue weighted by Crippen LogP contribution is -2.35. The Labute approximate surface area is 131 Å². The Kier molecular flexibility index (Phi) is 5.37. The van der Waals surface area contributed by atoms with Gasteiger partial charge in [-0.1, -0.05) is 36.0 Å². The third-order valence-electron chi connectivity index (χ3n) is 3.12. The molecule has 0 amide bonds. The highest BCUT2D eigenvalue weighted by Crippen LogP contribution is 2.20. The third-order valence-corrected chi connectivity index (χ3v) is 4.05. The summed E-state index contributed by atoms with van der Waals surface area (Å²) in [5.41, 5.74) is 3.88. The van der Waals surface area contributed by atoms with E-state index in [-0.39, 0.29) is 5.54 Å². The number of rotatable bonds is 5. The maximum absolute atomic E-state index is 4.44. The van der Waals surface area contributed by atoms with E-state index >= 15 is 0 Å². The second-order valence-corrected chi connectivity index (χ2v) is 7.14. The van der Waals surface area contributed by atoms with Crippen molar-refractivity contribution in [1.82, 2.24) is 15.3 Å². The third kappa shape index (κ3) is 5.48. The van der Waals surface area contributed by atoms with Crippen molar-refractivity contribution in [2.45, 2.75) is 50.7 Å². The van der Waals surface area contributed by atoms with E-state index in [1.165, 1.54) is 11.1 Å². The second kappa shape index (κ2) is 7.05. The normalized spacial score (nSPS) is 11.6. The zero-order valence-corrected chi connectivity index (χ0v) is 14.0. The van der Waals surface area contributed by atoms with Gasteiger partial charge >= 0.3 is 0 Å². The summed E-state index contributed by atoms with van der Waals surface area (Å²) in [6.45, 7) is 9.39. The molecule has 1 N–H and O–H groups in total. The van der Waals surface area contributed by atoms with Crippen molar-refractivity contribution >= 4 is 11.8 Å². The van der Waals surface area contributed by atoms with E-state index in [0.29, 0.717) is 0 Å². The van der Waals surface area contributed by atoms with Crippen LogP contribution in [-0.2, 0) is 12.3 Å². The highest BCUT2D eigenvalue weighted by Gasteiger charge is 2.09. The minimum atomic E-state index is 0.109. The minimum absolute atomic E-state index is 0.109. The van der Waals surface area contributed by atoms with Gasteiger partial charge in [0, 0.05) is 35.8 Å². The number of hydrogen-bond acceptors (Lipinski definition) is 4. The summed E-state index contributed by atoms with van der Waals surface area (Å²) in [5.74, 6) is 0.909. The number of thioether (sulfide) groups is 1. The molecule has 0 aliphatic carbocycles. The van der Waals surface area contributed by atoms with Gasteiger partial charge in [0.05, 0.1) is 0 Å². The highest BCUT2D eigenvalue weighted by molar-refractivity contribution is 7.98. The molecule has 0 bridgehead atoms. The fraction of sp³-hybridized carbons (Fsp3) is 0.412. The van der Waals surface area contributed by atoms with Crippen molar-refractivity contribution in [1.29, 1.82) is 0 Å². The SMILES string of the molecule is Cc1ccccc1CSc1ncc(CNC(C)(C)C)cn1.